The molecule has 1 rings (SSSR count). The number of carbonyl (C=O) groups excluding carboxylic acids is 1. The van der Waals surface area contributed by atoms with Crippen molar-refractivity contribution in [3.05, 3.63) is 0 Å². The molecule has 2 atom stereocenters. The molecule has 1 aliphatic rings. The summed E-state index contributed by atoms with van der Waals surface area (Å²) < 4.78 is 4.70. The molecule has 0 unspecified atom stereocenters. The molecule has 0 heterocycles. The minimum absolute atomic E-state index is 0.00773. The van der Waals surface area contributed by atoms with E-state index in [2.05, 4.69) is 11.2 Å². The topological polar surface area (TPSA) is 64.3 Å². The quantitative estimate of drug-likeness (QED) is 0.636. The van der Waals surface area contributed by atoms with E-state index in [1.165, 1.54) is 0 Å². The van der Waals surface area contributed by atoms with Crippen LogP contribution in [0.4, 0.5) is 4.79 Å². The number of carbonyl (C=O) groups is 1. The second-order valence-corrected chi connectivity index (χ2v) is 3.48. The largest absolute Gasteiger partial charge is 0.436 e. The van der Waals surface area contributed by atoms with Crippen LogP contribution in [0.5, 0.6) is 0 Å². The molecule has 0 aromatic heterocycles. The number of terminal acetylenes is 1. The number of amides is 1. The van der Waals surface area contributed by atoms with Gasteiger partial charge in [0.1, 0.15) is 0 Å². The minimum atomic E-state index is -0.467. The van der Waals surface area contributed by atoms with E-state index in [-0.39, 0.29) is 18.7 Å². The zero-order valence-corrected chi connectivity index (χ0v) is 8.16. The molecule has 0 aromatic carbocycles. The van der Waals surface area contributed by atoms with Crippen molar-refractivity contribution in [1.29, 1.82) is 0 Å². The summed E-state index contributed by atoms with van der Waals surface area (Å²) in [5, 5.41) is 2.72. The highest BCUT2D eigenvalue weighted by Gasteiger charge is 2.23. The highest BCUT2D eigenvalue weighted by atomic mass is 16.5. The molecule has 0 aromatic rings. The summed E-state index contributed by atoms with van der Waals surface area (Å²) in [4.78, 5) is 11.1. The number of rotatable bonds is 2. The van der Waals surface area contributed by atoms with E-state index >= 15 is 0 Å². The van der Waals surface area contributed by atoms with Gasteiger partial charge in [-0.1, -0.05) is 18.8 Å². The van der Waals surface area contributed by atoms with E-state index in [0.29, 0.717) is 0 Å². The molecule has 14 heavy (non-hydrogen) atoms. The SMILES string of the molecule is C#CCOC(=O)N[C@@H]1CCCC[C@H]1N. The van der Waals surface area contributed by atoms with E-state index in [1.807, 2.05) is 0 Å². The van der Waals surface area contributed by atoms with Crippen molar-refractivity contribution in [2.24, 2.45) is 5.73 Å². The Bertz CT molecular complexity index is 235. The molecule has 4 heteroatoms. The van der Waals surface area contributed by atoms with Crippen LogP contribution < -0.4 is 11.1 Å². The minimum Gasteiger partial charge on any atom is -0.436 e. The van der Waals surface area contributed by atoms with Crippen LogP contribution in [0.3, 0.4) is 0 Å². The van der Waals surface area contributed by atoms with Crippen molar-refractivity contribution in [2.75, 3.05) is 6.61 Å². The zero-order valence-electron chi connectivity index (χ0n) is 8.16. The van der Waals surface area contributed by atoms with Gasteiger partial charge >= 0.3 is 6.09 Å². The molecule has 0 saturated heterocycles. The lowest BCUT2D eigenvalue weighted by atomic mass is 9.91. The van der Waals surface area contributed by atoms with Crippen LogP contribution in [0.15, 0.2) is 0 Å². The Kier molecular flexibility index (Phi) is 4.27. The summed E-state index contributed by atoms with van der Waals surface area (Å²) >= 11 is 0. The van der Waals surface area contributed by atoms with Crippen molar-refractivity contribution in [2.45, 2.75) is 37.8 Å². The third-order valence-electron chi connectivity index (χ3n) is 2.41. The van der Waals surface area contributed by atoms with Crippen LogP contribution >= 0.6 is 0 Å². The molecule has 1 fully saturated rings. The number of alkyl carbamates (subject to hydrolysis) is 1. The van der Waals surface area contributed by atoms with Crippen molar-refractivity contribution in [3.63, 3.8) is 0 Å². The molecule has 78 valence electrons. The molecule has 1 aliphatic carbocycles. The summed E-state index contributed by atoms with van der Waals surface area (Å²) in [6.45, 7) is 0.00773. The van der Waals surface area contributed by atoms with Gasteiger partial charge in [0.2, 0.25) is 0 Å². The smallest absolute Gasteiger partial charge is 0.408 e. The van der Waals surface area contributed by atoms with Crippen molar-refractivity contribution < 1.29 is 9.53 Å². The van der Waals surface area contributed by atoms with Crippen LogP contribution in [0.1, 0.15) is 25.7 Å². The highest BCUT2D eigenvalue weighted by Crippen LogP contribution is 2.16. The first-order chi connectivity index (χ1) is 6.74. The first-order valence-electron chi connectivity index (χ1n) is 4.86. The average molecular weight is 196 g/mol. The molecule has 0 bridgehead atoms. The van der Waals surface area contributed by atoms with E-state index in [9.17, 15) is 4.79 Å². The number of ether oxygens (including phenoxy) is 1. The van der Waals surface area contributed by atoms with Gasteiger partial charge in [0.25, 0.3) is 0 Å². The molecular weight excluding hydrogens is 180 g/mol. The number of nitrogens with two attached hydrogens (primary N) is 1. The maximum Gasteiger partial charge on any atom is 0.408 e. The molecule has 0 aliphatic heterocycles. The maximum absolute atomic E-state index is 11.1. The van der Waals surface area contributed by atoms with Gasteiger partial charge in [-0.25, -0.2) is 4.79 Å². The van der Waals surface area contributed by atoms with Gasteiger partial charge in [-0.3, -0.25) is 0 Å². The molecular formula is C10H16N2O2. The molecule has 0 radical (unpaired) electrons. The number of hydrogen-bond donors (Lipinski definition) is 2. The molecule has 4 nitrogen and oxygen atoms in total. The number of hydrogen-bond acceptors (Lipinski definition) is 3. The molecule has 0 spiro atoms. The van der Waals surface area contributed by atoms with E-state index in [4.69, 9.17) is 16.9 Å². The number of nitrogens with one attached hydrogen (secondary N) is 1. The Morgan fingerprint density at radius 1 is 1.57 bits per heavy atom. The predicted molar refractivity (Wildman–Crippen MR) is 53.5 cm³/mol. The third-order valence-corrected chi connectivity index (χ3v) is 2.41. The lowest BCUT2D eigenvalue weighted by Gasteiger charge is -2.28. The van der Waals surface area contributed by atoms with Gasteiger partial charge in [0.15, 0.2) is 6.61 Å². The standard InChI is InChI=1S/C10H16N2O2/c1-2-7-14-10(13)12-9-6-4-3-5-8(9)11/h1,8-9H,3-7,11H2,(H,12,13)/t8-,9-/m1/s1. The van der Waals surface area contributed by atoms with Crippen molar-refractivity contribution in [1.82, 2.24) is 5.32 Å². The van der Waals surface area contributed by atoms with Gasteiger partial charge in [-0.05, 0) is 12.8 Å². The Labute approximate surface area is 84.2 Å². The van der Waals surface area contributed by atoms with E-state index < -0.39 is 6.09 Å². The van der Waals surface area contributed by atoms with Crippen LogP contribution in [0.2, 0.25) is 0 Å². The lowest BCUT2D eigenvalue weighted by Crippen LogP contribution is -2.49. The van der Waals surface area contributed by atoms with Crippen molar-refractivity contribution in [3.8, 4) is 12.3 Å². The lowest BCUT2D eigenvalue weighted by molar-refractivity contribution is 0.150. The first-order valence-corrected chi connectivity index (χ1v) is 4.86. The Morgan fingerprint density at radius 2 is 2.29 bits per heavy atom. The second kappa shape index (κ2) is 5.51. The van der Waals surface area contributed by atoms with Gasteiger partial charge < -0.3 is 15.8 Å². The summed E-state index contributed by atoms with van der Waals surface area (Å²) in [6.07, 6.45) is 8.61. The fourth-order valence-corrected chi connectivity index (χ4v) is 1.64. The normalized spacial score (nSPS) is 26.3. The van der Waals surface area contributed by atoms with E-state index in [0.717, 1.165) is 25.7 Å². The Hall–Kier alpha value is -1.21. The van der Waals surface area contributed by atoms with E-state index in [1.54, 1.807) is 0 Å². The maximum atomic E-state index is 11.1. The first kappa shape index (κ1) is 10.9. The van der Waals surface area contributed by atoms with Crippen molar-refractivity contribution >= 4 is 6.09 Å². The summed E-state index contributed by atoms with van der Waals surface area (Å²) in [5.74, 6) is 2.23. The molecule has 3 N–H and O–H groups in total. The average Bonchev–Trinajstić information content (AvgIpc) is 2.18. The van der Waals surface area contributed by atoms with Crippen LogP contribution in [-0.2, 0) is 4.74 Å². The predicted octanol–water partition coefficient (Wildman–Crippen LogP) is 0.616. The Morgan fingerprint density at radius 3 is 2.93 bits per heavy atom. The fraction of sp³-hybridized carbons (Fsp3) is 0.700. The second-order valence-electron chi connectivity index (χ2n) is 3.48. The Balaban J connectivity index is 2.28. The monoisotopic (exact) mass is 196 g/mol. The highest BCUT2D eigenvalue weighted by molar-refractivity contribution is 5.67. The summed E-state index contributed by atoms with van der Waals surface area (Å²) in [5.41, 5.74) is 5.85. The van der Waals surface area contributed by atoms with Crippen LogP contribution in [0, 0.1) is 12.3 Å². The van der Waals surface area contributed by atoms with Crippen LogP contribution in [-0.4, -0.2) is 24.8 Å². The third kappa shape index (κ3) is 3.27. The fourth-order valence-electron chi connectivity index (χ4n) is 1.64. The summed E-state index contributed by atoms with van der Waals surface area (Å²) in [6, 6.07) is 0.0798. The van der Waals surface area contributed by atoms with Crippen LogP contribution in [0.25, 0.3) is 0 Å². The van der Waals surface area contributed by atoms with Gasteiger partial charge in [0, 0.05) is 12.1 Å². The van der Waals surface area contributed by atoms with Gasteiger partial charge in [0.05, 0.1) is 0 Å². The summed E-state index contributed by atoms with van der Waals surface area (Å²) in [7, 11) is 0. The molecule has 1 saturated carbocycles. The van der Waals surface area contributed by atoms with Gasteiger partial charge in [-0.2, -0.15) is 0 Å². The molecule has 1 amide bonds. The van der Waals surface area contributed by atoms with Gasteiger partial charge in [-0.15, -0.1) is 6.42 Å². The zero-order chi connectivity index (χ0) is 10.4.